The van der Waals surface area contributed by atoms with Crippen molar-refractivity contribution in [2.45, 2.75) is 24.7 Å². The fourth-order valence-electron chi connectivity index (χ4n) is 2.31. The molecule has 0 aliphatic carbocycles. The fraction of sp³-hybridized carbons (Fsp3) is 0.375. The highest BCUT2D eigenvalue weighted by atomic mass is 32.2. The summed E-state index contributed by atoms with van der Waals surface area (Å²) in [6.07, 6.45) is 4.48. The number of anilines is 1. The van der Waals surface area contributed by atoms with Crippen LogP contribution in [-0.2, 0) is 24.3 Å². The number of ether oxygens (including phenoxy) is 1. The minimum atomic E-state index is -3.47. The van der Waals surface area contributed by atoms with E-state index in [-0.39, 0.29) is 4.90 Å². The molecule has 1 fully saturated rings. The van der Waals surface area contributed by atoms with Crippen molar-refractivity contribution in [2.75, 3.05) is 25.0 Å². The molecule has 1 aliphatic rings. The molecule has 0 spiro atoms. The van der Waals surface area contributed by atoms with E-state index in [1.165, 1.54) is 40.7 Å². The number of nitrogens with one attached hydrogen (secondary N) is 1. The molecule has 0 atom stereocenters. The van der Waals surface area contributed by atoms with E-state index < -0.39 is 28.5 Å². The number of hydrogen-bond donors (Lipinski definition) is 1. The average Bonchev–Trinajstić information content (AvgIpc) is 3.09. The number of allylic oxidation sites excluding steroid dienone is 1. The first-order chi connectivity index (χ1) is 11.4. The Kier molecular flexibility index (Phi) is 6.10. The Hall–Kier alpha value is -2.19. The first-order valence-electron chi connectivity index (χ1n) is 7.63. The molecule has 1 amide bonds. The minimum absolute atomic E-state index is 0.196. The number of amides is 1. The van der Waals surface area contributed by atoms with E-state index in [0.29, 0.717) is 18.8 Å². The SMILES string of the molecule is C/C=C/C(=O)OCC(=O)Nc1ccc(S(=O)(=O)N2CCCC2)cc1. The molecule has 1 N–H and O–H groups in total. The van der Waals surface area contributed by atoms with E-state index in [2.05, 4.69) is 5.32 Å². The summed E-state index contributed by atoms with van der Waals surface area (Å²) in [6, 6.07) is 5.92. The van der Waals surface area contributed by atoms with Crippen molar-refractivity contribution in [2.24, 2.45) is 0 Å². The highest BCUT2D eigenvalue weighted by molar-refractivity contribution is 7.89. The summed E-state index contributed by atoms with van der Waals surface area (Å²) in [6.45, 7) is 2.34. The van der Waals surface area contributed by atoms with Crippen LogP contribution in [0.5, 0.6) is 0 Å². The zero-order chi connectivity index (χ0) is 17.6. The molecule has 8 heteroatoms. The summed E-state index contributed by atoms with van der Waals surface area (Å²) < 4.78 is 30.9. The molecule has 0 aromatic heterocycles. The number of rotatable bonds is 6. The predicted octanol–water partition coefficient (Wildman–Crippen LogP) is 1.53. The van der Waals surface area contributed by atoms with Crippen LogP contribution in [0.3, 0.4) is 0 Å². The van der Waals surface area contributed by atoms with Gasteiger partial charge in [-0.05, 0) is 44.0 Å². The van der Waals surface area contributed by atoms with Crippen LogP contribution in [0, 0.1) is 0 Å². The van der Waals surface area contributed by atoms with Crippen LogP contribution in [0.1, 0.15) is 19.8 Å². The van der Waals surface area contributed by atoms with Gasteiger partial charge in [0.2, 0.25) is 10.0 Å². The minimum Gasteiger partial charge on any atom is -0.452 e. The van der Waals surface area contributed by atoms with E-state index in [1.807, 2.05) is 0 Å². The summed E-state index contributed by atoms with van der Waals surface area (Å²) in [5.74, 6) is -1.09. The lowest BCUT2D eigenvalue weighted by Crippen LogP contribution is -2.27. The molecule has 0 saturated carbocycles. The molecule has 7 nitrogen and oxygen atoms in total. The Balaban J connectivity index is 1.94. The highest BCUT2D eigenvalue weighted by Crippen LogP contribution is 2.22. The van der Waals surface area contributed by atoms with Crippen molar-refractivity contribution in [1.82, 2.24) is 4.31 Å². The molecule has 1 heterocycles. The van der Waals surface area contributed by atoms with Crippen molar-refractivity contribution >= 4 is 27.6 Å². The van der Waals surface area contributed by atoms with E-state index in [9.17, 15) is 18.0 Å². The number of carbonyl (C=O) groups excluding carboxylic acids is 2. The summed E-state index contributed by atoms with van der Waals surface area (Å²) in [7, 11) is -3.47. The Morgan fingerprint density at radius 1 is 1.21 bits per heavy atom. The third kappa shape index (κ3) is 4.65. The standard InChI is InChI=1S/C16H20N2O5S/c1-2-5-16(20)23-12-15(19)17-13-6-8-14(9-7-13)24(21,22)18-10-3-4-11-18/h2,5-9H,3-4,10-12H2,1H3,(H,17,19)/b5-2+. The van der Waals surface area contributed by atoms with Crippen LogP contribution in [0.2, 0.25) is 0 Å². The van der Waals surface area contributed by atoms with Crippen LogP contribution < -0.4 is 5.32 Å². The lowest BCUT2D eigenvalue weighted by molar-refractivity contribution is -0.142. The molecule has 2 rings (SSSR count). The van der Waals surface area contributed by atoms with E-state index in [1.54, 1.807) is 6.92 Å². The Bertz CT molecular complexity index is 719. The maximum atomic E-state index is 12.4. The molecule has 1 saturated heterocycles. The Morgan fingerprint density at radius 2 is 1.83 bits per heavy atom. The maximum Gasteiger partial charge on any atom is 0.330 e. The van der Waals surface area contributed by atoms with Crippen LogP contribution in [0.25, 0.3) is 0 Å². The molecule has 0 radical (unpaired) electrons. The van der Waals surface area contributed by atoms with Crippen LogP contribution >= 0.6 is 0 Å². The summed E-state index contributed by atoms with van der Waals surface area (Å²) in [5, 5.41) is 2.54. The average molecular weight is 352 g/mol. The molecule has 1 aromatic rings. The third-order valence-corrected chi connectivity index (χ3v) is 5.40. The van der Waals surface area contributed by atoms with E-state index >= 15 is 0 Å². The van der Waals surface area contributed by atoms with Crippen LogP contribution in [-0.4, -0.2) is 44.3 Å². The van der Waals surface area contributed by atoms with Gasteiger partial charge < -0.3 is 10.1 Å². The second-order valence-electron chi connectivity index (χ2n) is 5.29. The molecule has 24 heavy (non-hydrogen) atoms. The molecule has 130 valence electrons. The monoisotopic (exact) mass is 352 g/mol. The predicted molar refractivity (Wildman–Crippen MR) is 88.8 cm³/mol. The summed E-state index contributed by atoms with van der Waals surface area (Å²) in [5.41, 5.74) is 0.433. The maximum absolute atomic E-state index is 12.4. The second-order valence-corrected chi connectivity index (χ2v) is 7.23. The quantitative estimate of drug-likeness (QED) is 0.619. The fourth-order valence-corrected chi connectivity index (χ4v) is 3.82. The number of benzene rings is 1. The van der Waals surface area contributed by atoms with Gasteiger partial charge in [0.25, 0.3) is 5.91 Å². The zero-order valence-corrected chi connectivity index (χ0v) is 14.2. The van der Waals surface area contributed by atoms with Crippen molar-refractivity contribution in [1.29, 1.82) is 0 Å². The van der Waals surface area contributed by atoms with E-state index in [0.717, 1.165) is 12.8 Å². The number of hydrogen-bond acceptors (Lipinski definition) is 5. The van der Waals surface area contributed by atoms with Gasteiger partial charge in [0.15, 0.2) is 6.61 Å². The third-order valence-electron chi connectivity index (χ3n) is 3.49. The smallest absolute Gasteiger partial charge is 0.330 e. The number of esters is 1. The van der Waals surface area contributed by atoms with Gasteiger partial charge in [-0.15, -0.1) is 0 Å². The highest BCUT2D eigenvalue weighted by Gasteiger charge is 2.26. The van der Waals surface area contributed by atoms with Gasteiger partial charge in [-0.3, -0.25) is 4.79 Å². The van der Waals surface area contributed by atoms with Gasteiger partial charge in [0.1, 0.15) is 0 Å². The van der Waals surface area contributed by atoms with Gasteiger partial charge in [0, 0.05) is 24.9 Å². The molecule has 0 unspecified atom stereocenters. The number of nitrogens with zero attached hydrogens (tertiary/aromatic N) is 1. The first-order valence-corrected chi connectivity index (χ1v) is 9.07. The van der Waals surface area contributed by atoms with Gasteiger partial charge in [-0.2, -0.15) is 4.31 Å². The molecule has 1 aromatic carbocycles. The Labute approximate surface area is 141 Å². The lowest BCUT2D eigenvalue weighted by atomic mass is 10.3. The van der Waals surface area contributed by atoms with Crippen molar-refractivity contribution in [3.05, 3.63) is 36.4 Å². The lowest BCUT2D eigenvalue weighted by Gasteiger charge is -2.15. The van der Waals surface area contributed by atoms with E-state index in [4.69, 9.17) is 4.74 Å². The normalized spacial score (nSPS) is 15.5. The number of carbonyl (C=O) groups is 2. The second kappa shape index (κ2) is 8.07. The van der Waals surface area contributed by atoms with Crippen LogP contribution in [0.4, 0.5) is 5.69 Å². The van der Waals surface area contributed by atoms with Crippen LogP contribution in [0.15, 0.2) is 41.3 Å². The number of sulfonamides is 1. The van der Waals surface area contributed by atoms with Crippen molar-refractivity contribution < 1.29 is 22.7 Å². The summed E-state index contributed by atoms with van der Waals surface area (Å²) in [4.78, 5) is 23.0. The topological polar surface area (TPSA) is 92.8 Å². The first kappa shape index (κ1) is 18.2. The zero-order valence-electron chi connectivity index (χ0n) is 13.4. The van der Waals surface area contributed by atoms with Gasteiger partial charge in [-0.1, -0.05) is 6.08 Å². The largest absolute Gasteiger partial charge is 0.452 e. The van der Waals surface area contributed by atoms with Gasteiger partial charge in [0.05, 0.1) is 4.90 Å². The van der Waals surface area contributed by atoms with Gasteiger partial charge in [-0.25, -0.2) is 13.2 Å². The Morgan fingerprint density at radius 3 is 2.42 bits per heavy atom. The molecule has 1 aliphatic heterocycles. The van der Waals surface area contributed by atoms with Crippen molar-refractivity contribution in [3.8, 4) is 0 Å². The molecular weight excluding hydrogens is 332 g/mol. The van der Waals surface area contributed by atoms with Gasteiger partial charge >= 0.3 is 5.97 Å². The molecule has 0 bridgehead atoms. The van der Waals surface area contributed by atoms with Crippen molar-refractivity contribution in [3.63, 3.8) is 0 Å². The summed E-state index contributed by atoms with van der Waals surface area (Å²) >= 11 is 0. The molecular formula is C16H20N2O5S.